The van der Waals surface area contributed by atoms with E-state index >= 15 is 0 Å². The van der Waals surface area contributed by atoms with Crippen molar-refractivity contribution in [2.75, 3.05) is 13.2 Å². The van der Waals surface area contributed by atoms with E-state index in [9.17, 15) is 9.90 Å². The van der Waals surface area contributed by atoms with Crippen LogP contribution in [0.15, 0.2) is 0 Å². The largest absolute Gasteiger partial charge is 0.392 e. The Bertz CT molecular complexity index is 337. The second kappa shape index (κ2) is 6.44. The Morgan fingerprint density at radius 1 is 1.25 bits per heavy atom. The Morgan fingerprint density at radius 3 is 2.60 bits per heavy atom. The molecule has 1 heterocycles. The third-order valence-electron chi connectivity index (χ3n) is 4.65. The van der Waals surface area contributed by atoms with Crippen LogP contribution < -0.4 is 5.32 Å². The predicted molar refractivity (Wildman–Crippen MR) is 78.3 cm³/mol. The zero-order chi connectivity index (χ0) is 14.8. The summed E-state index contributed by atoms with van der Waals surface area (Å²) in [4.78, 5) is 12.1. The molecule has 0 spiro atoms. The molecule has 4 nitrogen and oxygen atoms in total. The first-order valence-corrected chi connectivity index (χ1v) is 7.97. The number of carbonyl (C=O) groups is 1. The third-order valence-corrected chi connectivity index (χ3v) is 4.65. The lowest BCUT2D eigenvalue weighted by molar-refractivity contribution is -0.129. The second-order valence-electron chi connectivity index (χ2n) is 7.41. The van der Waals surface area contributed by atoms with Crippen LogP contribution in [0.4, 0.5) is 0 Å². The van der Waals surface area contributed by atoms with E-state index in [2.05, 4.69) is 26.1 Å². The van der Waals surface area contributed by atoms with Crippen LogP contribution in [0.25, 0.3) is 0 Å². The van der Waals surface area contributed by atoms with E-state index in [1.165, 1.54) is 0 Å². The summed E-state index contributed by atoms with van der Waals surface area (Å²) in [6, 6.07) is 0. The highest BCUT2D eigenvalue weighted by Crippen LogP contribution is 2.34. The molecule has 4 atom stereocenters. The molecule has 1 aliphatic carbocycles. The Labute approximate surface area is 122 Å². The van der Waals surface area contributed by atoms with Crippen LogP contribution in [0, 0.1) is 17.3 Å². The monoisotopic (exact) mass is 283 g/mol. The number of aliphatic hydroxyl groups is 1. The van der Waals surface area contributed by atoms with E-state index in [4.69, 9.17) is 4.74 Å². The molecular formula is C16H29NO3. The zero-order valence-electron chi connectivity index (χ0n) is 13.0. The minimum Gasteiger partial charge on any atom is -0.392 e. The Morgan fingerprint density at radius 2 is 2.00 bits per heavy atom. The van der Waals surface area contributed by atoms with Crippen molar-refractivity contribution in [1.29, 1.82) is 0 Å². The van der Waals surface area contributed by atoms with Gasteiger partial charge in [-0.15, -0.1) is 0 Å². The first-order chi connectivity index (χ1) is 9.39. The summed E-state index contributed by atoms with van der Waals surface area (Å²) < 4.78 is 5.93. The molecule has 0 radical (unpaired) electrons. The average Bonchev–Trinajstić information content (AvgIpc) is 2.81. The summed E-state index contributed by atoms with van der Waals surface area (Å²) in [6.07, 6.45) is 4.46. The van der Waals surface area contributed by atoms with Gasteiger partial charge in [0, 0.05) is 19.1 Å². The van der Waals surface area contributed by atoms with Crippen LogP contribution >= 0.6 is 0 Å². The third kappa shape index (κ3) is 3.73. The highest BCUT2D eigenvalue weighted by molar-refractivity contribution is 5.79. The van der Waals surface area contributed by atoms with Gasteiger partial charge in [-0.3, -0.25) is 4.79 Å². The summed E-state index contributed by atoms with van der Waals surface area (Å²) in [5, 5.41) is 12.8. The quantitative estimate of drug-likeness (QED) is 0.834. The fourth-order valence-corrected chi connectivity index (χ4v) is 3.62. The fraction of sp³-hybridized carbons (Fsp3) is 0.938. The van der Waals surface area contributed by atoms with Gasteiger partial charge in [-0.2, -0.15) is 0 Å². The maximum atomic E-state index is 12.1. The van der Waals surface area contributed by atoms with Crippen LogP contribution in [0.3, 0.4) is 0 Å². The van der Waals surface area contributed by atoms with Gasteiger partial charge < -0.3 is 15.2 Å². The van der Waals surface area contributed by atoms with Crippen LogP contribution in [-0.2, 0) is 9.53 Å². The lowest BCUT2D eigenvalue weighted by Gasteiger charge is -2.40. The molecule has 0 aromatic carbocycles. The van der Waals surface area contributed by atoms with Gasteiger partial charge in [-0.25, -0.2) is 0 Å². The van der Waals surface area contributed by atoms with Crippen molar-refractivity contribution in [2.24, 2.45) is 17.3 Å². The van der Waals surface area contributed by atoms with E-state index in [0.29, 0.717) is 12.5 Å². The Hall–Kier alpha value is -0.610. The maximum Gasteiger partial charge on any atom is 0.225 e. The second-order valence-corrected chi connectivity index (χ2v) is 7.41. The lowest BCUT2D eigenvalue weighted by Crippen LogP contribution is -2.46. The highest BCUT2D eigenvalue weighted by atomic mass is 16.5. The van der Waals surface area contributed by atoms with Crippen molar-refractivity contribution in [2.45, 2.75) is 65.1 Å². The van der Waals surface area contributed by atoms with Gasteiger partial charge in [0.2, 0.25) is 5.91 Å². The molecule has 2 aliphatic rings. The normalized spacial score (nSPS) is 35.0. The van der Waals surface area contributed by atoms with E-state index in [-0.39, 0.29) is 23.3 Å². The summed E-state index contributed by atoms with van der Waals surface area (Å²) in [7, 11) is 0. The van der Waals surface area contributed by atoms with Crippen molar-refractivity contribution in [3.63, 3.8) is 0 Å². The molecule has 2 rings (SSSR count). The Balaban J connectivity index is 1.86. The molecular weight excluding hydrogens is 254 g/mol. The summed E-state index contributed by atoms with van der Waals surface area (Å²) in [6.45, 7) is 8.08. The molecule has 1 saturated heterocycles. The van der Waals surface area contributed by atoms with Crippen LogP contribution in [-0.4, -0.2) is 36.4 Å². The van der Waals surface area contributed by atoms with Crippen molar-refractivity contribution in [1.82, 2.24) is 5.32 Å². The van der Waals surface area contributed by atoms with E-state index < -0.39 is 6.10 Å². The smallest absolute Gasteiger partial charge is 0.225 e. The summed E-state index contributed by atoms with van der Waals surface area (Å²) in [5.41, 5.74) is 0.0999. The number of hydrogen-bond acceptors (Lipinski definition) is 3. The van der Waals surface area contributed by atoms with Crippen molar-refractivity contribution >= 4 is 5.91 Å². The standard InChI is InChI=1S/C16H29NO3/c1-16(2,3)14-11(6-5-9-20-14)10-17-15(19)12-7-4-8-13(12)18/h11-14,18H,4-10H2,1-3H3,(H,17,19). The molecule has 2 fully saturated rings. The zero-order valence-corrected chi connectivity index (χ0v) is 13.0. The van der Waals surface area contributed by atoms with Crippen LogP contribution in [0.1, 0.15) is 52.9 Å². The van der Waals surface area contributed by atoms with Crippen molar-refractivity contribution in [3.05, 3.63) is 0 Å². The van der Waals surface area contributed by atoms with Gasteiger partial charge in [0.1, 0.15) is 0 Å². The van der Waals surface area contributed by atoms with E-state index in [1.807, 2.05) is 0 Å². The molecule has 1 amide bonds. The van der Waals surface area contributed by atoms with Crippen molar-refractivity contribution < 1.29 is 14.6 Å². The lowest BCUT2D eigenvalue weighted by atomic mass is 9.78. The molecule has 0 aromatic heterocycles. The molecule has 0 aromatic rings. The molecule has 20 heavy (non-hydrogen) atoms. The van der Waals surface area contributed by atoms with Gasteiger partial charge in [0.25, 0.3) is 0 Å². The van der Waals surface area contributed by atoms with Crippen LogP contribution in [0.5, 0.6) is 0 Å². The first-order valence-electron chi connectivity index (χ1n) is 7.97. The Kier molecular flexibility index (Phi) is 5.08. The average molecular weight is 283 g/mol. The molecule has 0 bridgehead atoms. The number of carbonyl (C=O) groups excluding carboxylic acids is 1. The fourth-order valence-electron chi connectivity index (χ4n) is 3.62. The minimum absolute atomic E-state index is 0.0215. The van der Waals surface area contributed by atoms with Crippen molar-refractivity contribution in [3.8, 4) is 0 Å². The van der Waals surface area contributed by atoms with Gasteiger partial charge in [0.15, 0.2) is 0 Å². The van der Waals surface area contributed by atoms with Crippen LogP contribution in [0.2, 0.25) is 0 Å². The maximum absolute atomic E-state index is 12.1. The number of aliphatic hydroxyl groups excluding tert-OH is 1. The topological polar surface area (TPSA) is 58.6 Å². The minimum atomic E-state index is -0.448. The van der Waals surface area contributed by atoms with E-state index in [1.54, 1.807) is 0 Å². The van der Waals surface area contributed by atoms with Gasteiger partial charge in [-0.1, -0.05) is 20.8 Å². The number of ether oxygens (including phenoxy) is 1. The molecule has 4 unspecified atom stereocenters. The predicted octanol–water partition coefficient (Wildman–Crippen LogP) is 2.10. The van der Waals surface area contributed by atoms with Gasteiger partial charge >= 0.3 is 0 Å². The van der Waals surface area contributed by atoms with Gasteiger partial charge in [0.05, 0.1) is 18.1 Å². The number of rotatable bonds is 3. The molecule has 116 valence electrons. The number of nitrogens with one attached hydrogen (secondary N) is 1. The summed E-state index contributed by atoms with van der Waals surface area (Å²) >= 11 is 0. The highest BCUT2D eigenvalue weighted by Gasteiger charge is 2.36. The van der Waals surface area contributed by atoms with Gasteiger partial charge in [-0.05, 0) is 37.5 Å². The molecule has 2 N–H and O–H groups in total. The molecule has 1 aliphatic heterocycles. The summed E-state index contributed by atoms with van der Waals surface area (Å²) in [5.74, 6) is 0.201. The van der Waals surface area contributed by atoms with E-state index in [0.717, 1.165) is 38.7 Å². The molecule has 4 heteroatoms. The molecule has 1 saturated carbocycles. The number of amides is 1. The SMILES string of the molecule is CC(C)(C)C1OCCCC1CNC(=O)C1CCCC1O. The number of hydrogen-bond donors (Lipinski definition) is 2. The first kappa shape index (κ1) is 15.8.